The van der Waals surface area contributed by atoms with Crippen LogP contribution in [0.5, 0.6) is 0 Å². The Hall–Kier alpha value is -2.99. The molecule has 2 aromatic carbocycles. The molecule has 1 unspecified atom stereocenters. The number of carbonyl (C=O) groups excluding carboxylic acids is 1. The third kappa shape index (κ3) is 3.44. The number of amides is 1. The summed E-state index contributed by atoms with van der Waals surface area (Å²) in [5.41, 5.74) is 1.90. The number of hydrogen-bond acceptors (Lipinski definition) is 4. The van der Waals surface area contributed by atoms with Crippen molar-refractivity contribution in [2.24, 2.45) is 0 Å². The van der Waals surface area contributed by atoms with E-state index in [9.17, 15) is 9.90 Å². The average Bonchev–Trinajstić information content (AvgIpc) is 3.02. The van der Waals surface area contributed by atoms with Crippen LogP contribution in [0, 0.1) is 6.92 Å². The lowest BCUT2D eigenvalue weighted by Gasteiger charge is -2.12. The summed E-state index contributed by atoms with van der Waals surface area (Å²) in [7, 11) is 0. The smallest absolute Gasteiger partial charge is 0.257 e. The topological polar surface area (TPSA) is 90.9 Å². The lowest BCUT2D eigenvalue weighted by Crippen LogP contribution is -2.20. The van der Waals surface area contributed by atoms with Gasteiger partial charge in [-0.3, -0.25) is 9.89 Å². The molecule has 0 bridgehead atoms. The number of rotatable bonds is 4. The van der Waals surface area contributed by atoms with Crippen molar-refractivity contribution >= 4 is 11.6 Å². The first-order chi connectivity index (χ1) is 11.1. The summed E-state index contributed by atoms with van der Waals surface area (Å²) >= 11 is 0. The number of aromatic amines is 1. The number of carbonyl (C=O) groups is 1. The summed E-state index contributed by atoms with van der Waals surface area (Å²) in [6.07, 6.45) is -1.22. The molecular weight excluding hydrogens is 292 g/mol. The number of aromatic nitrogens is 3. The van der Waals surface area contributed by atoms with Crippen molar-refractivity contribution in [1.29, 1.82) is 0 Å². The summed E-state index contributed by atoms with van der Waals surface area (Å²) in [5.74, 6) is 0.788. The normalized spacial score (nSPS) is 11.9. The molecule has 0 aliphatic heterocycles. The molecular formula is C17H16N4O2. The monoisotopic (exact) mass is 308 g/mol. The Bertz CT molecular complexity index is 814. The molecule has 0 spiro atoms. The molecule has 0 aliphatic rings. The van der Waals surface area contributed by atoms with Gasteiger partial charge in [-0.15, -0.1) is 0 Å². The Morgan fingerprint density at radius 2 is 1.96 bits per heavy atom. The molecule has 0 saturated carbocycles. The largest absolute Gasteiger partial charge is 0.378 e. The van der Waals surface area contributed by atoms with Crippen LogP contribution in [0.4, 0.5) is 5.69 Å². The molecule has 23 heavy (non-hydrogen) atoms. The highest BCUT2D eigenvalue weighted by molar-refractivity contribution is 5.95. The van der Waals surface area contributed by atoms with Gasteiger partial charge in [0.25, 0.3) is 5.91 Å². The van der Waals surface area contributed by atoms with Crippen LogP contribution in [0.1, 0.15) is 17.5 Å². The number of H-pyrrole nitrogens is 1. The van der Waals surface area contributed by atoms with Gasteiger partial charge in [0.05, 0.1) is 0 Å². The molecule has 116 valence electrons. The Morgan fingerprint density at radius 1 is 1.17 bits per heavy atom. The van der Waals surface area contributed by atoms with E-state index in [0.717, 1.165) is 5.56 Å². The van der Waals surface area contributed by atoms with Gasteiger partial charge in [-0.2, -0.15) is 5.10 Å². The van der Waals surface area contributed by atoms with Crippen LogP contribution < -0.4 is 5.32 Å². The molecule has 3 rings (SSSR count). The summed E-state index contributed by atoms with van der Waals surface area (Å²) in [4.78, 5) is 16.4. The number of aliphatic hydroxyl groups excluding tert-OH is 1. The highest BCUT2D eigenvalue weighted by Crippen LogP contribution is 2.21. The van der Waals surface area contributed by atoms with Crippen molar-refractivity contribution in [3.8, 4) is 11.4 Å². The molecule has 1 atom stereocenters. The van der Waals surface area contributed by atoms with Gasteiger partial charge in [0.15, 0.2) is 11.9 Å². The number of anilines is 1. The summed E-state index contributed by atoms with van der Waals surface area (Å²) in [6.45, 7) is 1.82. The first kappa shape index (κ1) is 14.9. The van der Waals surface area contributed by atoms with E-state index in [1.54, 1.807) is 42.5 Å². The molecule has 0 aliphatic carbocycles. The van der Waals surface area contributed by atoms with Crippen LogP contribution in [-0.4, -0.2) is 26.2 Å². The minimum atomic E-state index is -1.22. The van der Waals surface area contributed by atoms with Crippen molar-refractivity contribution in [2.75, 3.05) is 5.32 Å². The van der Waals surface area contributed by atoms with Gasteiger partial charge < -0.3 is 10.4 Å². The SMILES string of the molecule is Cc1nc(-c2cccc(NC(=O)C(O)c3ccccc3)c2)n[nH]1. The van der Waals surface area contributed by atoms with Crippen LogP contribution in [0.2, 0.25) is 0 Å². The molecule has 0 fully saturated rings. The second-order valence-corrected chi connectivity index (χ2v) is 5.13. The second-order valence-electron chi connectivity index (χ2n) is 5.13. The van der Waals surface area contributed by atoms with Crippen molar-refractivity contribution in [2.45, 2.75) is 13.0 Å². The fraction of sp³-hybridized carbons (Fsp3) is 0.118. The highest BCUT2D eigenvalue weighted by atomic mass is 16.3. The quantitative estimate of drug-likeness (QED) is 0.690. The molecule has 3 N–H and O–H groups in total. The predicted octanol–water partition coefficient (Wildman–Crippen LogP) is 2.45. The molecule has 1 aromatic heterocycles. The molecule has 6 nitrogen and oxygen atoms in total. The number of nitrogens with zero attached hydrogens (tertiary/aromatic N) is 2. The van der Waals surface area contributed by atoms with Crippen LogP contribution in [0.25, 0.3) is 11.4 Å². The first-order valence-corrected chi connectivity index (χ1v) is 7.17. The van der Waals surface area contributed by atoms with Gasteiger partial charge >= 0.3 is 0 Å². The van der Waals surface area contributed by atoms with Gasteiger partial charge in [0.2, 0.25) is 0 Å². The lowest BCUT2D eigenvalue weighted by atomic mass is 10.1. The number of nitrogens with one attached hydrogen (secondary N) is 2. The van der Waals surface area contributed by atoms with E-state index in [1.807, 2.05) is 19.1 Å². The zero-order valence-corrected chi connectivity index (χ0v) is 12.5. The fourth-order valence-corrected chi connectivity index (χ4v) is 2.21. The molecule has 3 aromatic rings. The van der Waals surface area contributed by atoms with Gasteiger partial charge in [-0.25, -0.2) is 4.98 Å². The van der Waals surface area contributed by atoms with Crippen molar-refractivity contribution in [3.63, 3.8) is 0 Å². The van der Waals surface area contributed by atoms with Gasteiger partial charge in [-0.1, -0.05) is 42.5 Å². The molecule has 1 amide bonds. The molecule has 0 radical (unpaired) electrons. The van der Waals surface area contributed by atoms with Crippen LogP contribution in [0.3, 0.4) is 0 Å². The highest BCUT2D eigenvalue weighted by Gasteiger charge is 2.17. The number of aliphatic hydroxyl groups is 1. The zero-order valence-electron chi connectivity index (χ0n) is 12.5. The number of aryl methyl sites for hydroxylation is 1. The summed E-state index contributed by atoms with van der Waals surface area (Å²) in [6, 6.07) is 16.0. The minimum absolute atomic E-state index is 0.487. The third-order valence-electron chi connectivity index (χ3n) is 3.35. The van der Waals surface area contributed by atoms with Crippen molar-refractivity contribution in [1.82, 2.24) is 15.2 Å². The Labute approximate surface area is 133 Å². The maximum absolute atomic E-state index is 12.2. The van der Waals surface area contributed by atoms with Crippen LogP contribution in [0.15, 0.2) is 54.6 Å². The van der Waals surface area contributed by atoms with E-state index in [4.69, 9.17) is 0 Å². The van der Waals surface area contributed by atoms with E-state index >= 15 is 0 Å². The summed E-state index contributed by atoms with van der Waals surface area (Å²) < 4.78 is 0. The lowest BCUT2D eigenvalue weighted by molar-refractivity contribution is -0.124. The fourth-order valence-electron chi connectivity index (χ4n) is 2.21. The third-order valence-corrected chi connectivity index (χ3v) is 3.35. The molecule has 1 heterocycles. The van der Waals surface area contributed by atoms with Gasteiger partial charge in [-0.05, 0) is 24.6 Å². The summed E-state index contributed by atoms with van der Waals surface area (Å²) in [5, 5.41) is 19.7. The molecule has 6 heteroatoms. The van der Waals surface area contributed by atoms with Crippen LogP contribution in [-0.2, 0) is 4.79 Å². The standard InChI is InChI=1S/C17H16N4O2/c1-11-18-16(21-20-11)13-8-5-9-14(10-13)19-17(23)15(22)12-6-3-2-4-7-12/h2-10,15,22H,1H3,(H,19,23)(H,18,20,21). The van der Waals surface area contributed by atoms with E-state index in [-0.39, 0.29) is 0 Å². The zero-order chi connectivity index (χ0) is 16.2. The van der Waals surface area contributed by atoms with E-state index in [1.165, 1.54) is 0 Å². The Morgan fingerprint density at radius 3 is 2.65 bits per heavy atom. The Balaban J connectivity index is 1.76. The van der Waals surface area contributed by atoms with Crippen molar-refractivity contribution in [3.05, 3.63) is 66.0 Å². The van der Waals surface area contributed by atoms with E-state index in [0.29, 0.717) is 22.9 Å². The van der Waals surface area contributed by atoms with Crippen molar-refractivity contribution < 1.29 is 9.90 Å². The van der Waals surface area contributed by atoms with E-state index in [2.05, 4.69) is 20.5 Å². The maximum atomic E-state index is 12.2. The average molecular weight is 308 g/mol. The first-order valence-electron chi connectivity index (χ1n) is 7.17. The van der Waals surface area contributed by atoms with Gasteiger partial charge in [0, 0.05) is 11.3 Å². The van der Waals surface area contributed by atoms with E-state index < -0.39 is 12.0 Å². The number of hydrogen-bond donors (Lipinski definition) is 3. The Kier molecular flexibility index (Phi) is 4.16. The maximum Gasteiger partial charge on any atom is 0.257 e. The minimum Gasteiger partial charge on any atom is -0.378 e. The van der Waals surface area contributed by atoms with Crippen LogP contribution >= 0.6 is 0 Å². The number of benzene rings is 2. The molecule has 0 saturated heterocycles. The predicted molar refractivity (Wildman–Crippen MR) is 86.6 cm³/mol. The second kappa shape index (κ2) is 6.41. The van der Waals surface area contributed by atoms with Gasteiger partial charge in [0.1, 0.15) is 5.82 Å².